The summed E-state index contributed by atoms with van der Waals surface area (Å²) in [5, 5.41) is 7.81. The summed E-state index contributed by atoms with van der Waals surface area (Å²) < 4.78 is 13.8. The molecular weight excluding hydrogens is 310 g/mol. The van der Waals surface area contributed by atoms with E-state index in [2.05, 4.69) is 16.4 Å². The minimum Gasteiger partial charge on any atom is -0.461 e. The van der Waals surface area contributed by atoms with E-state index in [1.54, 1.807) is 17.8 Å². The number of carbonyl (C=O) groups excluding carboxylic acids is 1. The maximum Gasteiger partial charge on any atom is 0.360 e. The van der Waals surface area contributed by atoms with Crippen LogP contribution in [0.4, 0.5) is 0 Å². The molecule has 0 N–H and O–H groups in total. The number of hydrogen-bond donors (Lipinski definition) is 0. The normalized spacial score (nSPS) is 14.7. The first-order valence-corrected chi connectivity index (χ1v) is 7.86. The van der Waals surface area contributed by atoms with E-state index < -0.39 is 5.97 Å². The number of aromatic nitrogens is 5. The van der Waals surface area contributed by atoms with Crippen molar-refractivity contribution in [3.8, 4) is 0 Å². The Kier molecular flexibility index (Phi) is 3.73. The van der Waals surface area contributed by atoms with Gasteiger partial charge in [0.1, 0.15) is 5.65 Å². The molecule has 0 spiro atoms. The van der Waals surface area contributed by atoms with E-state index in [0.29, 0.717) is 19.1 Å². The molecule has 24 heavy (non-hydrogen) atoms. The van der Waals surface area contributed by atoms with Gasteiger partial charge in [0.25, 0.3) is 0 Å². The quantitative estimate of drug-likeness (QED) is 0.656. The van der Waals surface area contributed by atoms with E-state index in [0.717, 1.165) is 24.6 Å². The summed E-state index contributed by atoms with van der Waals surface area (Å²) in [5.41, 5.74) is 3.18. The maximum atomic E-state index is 11.6. The molecule has 0 unspecified atom stereocenters. The van der Waals surface area contributed by atoms with Gasteiger partial charge in [-0.3, -0.25) is 0 Å². The molecule has 1 fully saturated rings. The smallest absolute Gasteiger partial charge is 0.360 e. The van der Waals surface area contributed by atoms with Crippen LogP contribution in [0.25, 0.3) is 5.65 Å². The van der Waals surface area contributed by atoms with E-state index in [1.165, 1.54) is 5.56 Å². The number of nitrogens with zero attached hydrogens (tertiary/aromatic N) is 5. The number of esters is 1. The third-order valence-corrected chi connectivity index (χ3v) is 3.99. The van der Waals surface area contributed by atoms with Crippen LogP contribution in [0.2, 0.25) is 0 Å². The van der Waals surface area contributed by atoms with E-state index in [4.69, 9.17) is 14.5 Å². The second-order valence-electron chi connectivity index (χ2n) is 5.68. The Labute approximate surface area is 138 Å². The summed E-state index contributed by atoms with van der Waals surface area (Å²) in [6, 6.07) is 4.11. The van der Waals surface area contributed by atoms with Crippen molar-refractivity contribution in [3.05, 3.63) is 47.7 Å². The van der Waals surface area contributed by atoms with Gasteiger partial charge in [0, 0.05) is 23.9 Å². The first kappa shape index (κ1) is 14.8. The lowest BCUT2D eigenvalue weighted by molar-refractivity contribution is 0.00879. The van der Waals surface area contributed by atoms with E-state index in [-0.39, 0.29) is 5.69 Å². The van der Waals surface area contributed by atoms with Crippen molar-refractivity contribution in [2.45, 2.75) is 19.4 Å². The van der Waals surface area contributed by atoms with Gasteiger partial charge >= 0.3 is 5.97 Å². The Morgan fingerprint density at radius 2 is 2.29 bits per heavy atom. The van der Waals surface area contributed by atoms with Gasteiger partial charge < -0.3 is 13.9 Å². The zero-order chi connectivity index (χ0) is 16.5. The molecule has 0 aromatic carbocycles. The Hall–Kier alpha value is -2.74. The molecule has 1 saturated heterocycles. The molecule has 8 heteroatoms. The lowest BCUT2D eigenvalue weighted by Crippen LogP contribution is -2.25. The molecule has 0 amide bonds. The summed E-state index contributed by atoms with van der Waals surface area (Å²) in [7, 11) is 0. The van der Waals surface area contributed by atoms with Crippen LogP contribution in [-0.2, 0) is 16.0 Å². The number of pyridine rings is 1. The van der Waals surface area contributed by atoms with Crippen molar-refractivity contribution < 1.29 is 14.3 Å². The van der Waals surface area contributed by atoms with Crippen molar-refractivity contribution in [1.29, 1.82) is 0 Å². The van der Waals surface area contributed by atoms with Crippen LogP contribution in [-0.4, -0.2) is 50.2 Å². The van der Waals surface area contributed by atoms with E-state index in [9.17, 15) is 4.79 Å². The molecule has 1 aliphatic heterocycles. The van der Waals surface area contributed by atoms with E-state index in [1.807, 2.05) is 22.9 Å². The van der Waals surface area contributed by atoms with Crippen LogP contribution < -0.4 is 0 Å². The third-order valence-electron chi connectivity index (χ3n) is 3.99. The van der Waals surface area contributed by atoms with Crippen LogP contribution in [0, 0.1) is 0 Å². The third kappa shape index (κ3) is 2.65. The summed E-state index contributed by atoms with van der Waals surface area (Å²) in [4.78, 5) is 16.3. The Balaban J connectivity index is 1.57. The first-order chi connectivity index (χ1) is 11.7. The van der Waals surface area contributed by atoms with Crippen LogP contribution in [0.5, 0.6) is 0 Å². The first-order valence-electron chi connectivity index (χ1n) is 7.86. The monoisotopic (exact) mass is 327 g/mol. The average molecular weight is 327 g/mol. The van der Waals surface area contributed by atoms with Crippen molar-refractivity contribution in [2.24, 2.45) is 0 Å². The molecule has 3 aromatic rings. The second-order valence-corrected chi connectivity index (χ2v) is 5.68. The summed E-state index contributed by atoms with van der Waals surface area (Å²) in [6.45, 7) is 3.99. The van der Waals surface area contributed by atoms with Gasteiger partial charge in [0.05, 0.1) is 38.3 Å². The molecule has 4 rings (SSSR count). The maximum absolute atomic E-state index is 11.6. The zero-order valence-corrected chi connectivity index (χ0v) is 13.3. The molecule has 3 aromatic heterocycles. The van der Waals surface area contributed by atoms with Gasteiger partial charge in [-0.05, 0) is 13.0 Å². The molecule has 1 aliphatic rings. The molecule has 8 nitrogen and oxygen atoms in total. The molecule has 0 saturated carbocycles. The number of ether oxygens (including phenoxy) is 2. The summed E-state index contributed by atoms with van der Waals surface area (Å²) >= 11 is 0. The second kappa shape index (κ2) is 6.04. The van der Waals surface area contributed by atoms with Crippen LogP contribution in [0.15, 0.2) is 30.7 Å². The number of fused-ring (bicyclic) bond motifs is 1. The average Bonchev–Trinajstić information content (AvgIpc) is 3.13. The molecule has 0 atom stereocenters. The van der Waals surface area contributed by atoms with Gasteiger partial charge in [0.2, 0.25) is 0 Å². The molecule has 0 radical (unpaired) electrons. The topological polar surface area (TPSA) is 83.5 Å². The molecule has 124 valence electrons. The number of rotatable bonds is 5. The lowest BCUT2D eigenvalue weighted by Gasteiger charge is -2.26. The van der Waals surface area contributed by atoms with Crippen LogP contribution >= 0.6 is 0 Å². The van der Waals surface area contributed by atoms with Crippen molar-refractivity contribution in [3.63, 3.8) is 0 Å². The van der Waals surface area contributed by atoms with Gasteiger partial charge in [-0.25, -0.2) is 14.5 Å². The predicted octanol–water partition coefficient (Wildman–Crippen LogP) is 1.26. The Morgan fingerprint density at radius 1 is 1.42 bits per heavy atom. The highest BCUT2D eigenvalue weighted by atomic mass is 16.5. The Morgan fingerprint density at radius 3 is 3.04 bits per heavy atom. The predicted molar refractivity (Wildman–Crippen MR) is 83.8 cm³/mol. The summed E-state index contributed by atoms with van der Waals surface area (Å²) in [5.74, 6) is -0.0586. The molecule has 0 bridgehead atoms. The van der Waals surface area contributed by atoms with Crippen molar-refractivity contribution in [1.82, 2.24) is 24.4 Å². The molecular formula is C16H17N5O3. The van der Waals surface area contributed by atoms with Gasteiger partial charge in [-0.2, -0.15) is 0 Å². The fourth-order valence-corrected chi connectivity index (χ4v) is 2.74. The highest BCUT2D eigenvalue weighted by Gasteiger charge is 2.23. The fraction of sp³-hybridized carbons (Fsp3) is 0.375. The number of hydrogen-bond acceptors (Lipinski definition) is 6. The van der Waals surface area contributed by atoms with Crippen molar-refractivity contribution >= 4 is 11.6 Å². The standard InChI is InChI=1S/C16H17N5O3/c1-2-24-16(22)14-8-21(19-18-14)7-12-6-20-5-3-4-13(15(20)17-12)11-9-23-10-11/h3-6,8,11H,2,7,9-10H2,1H3. The minimum absolute atomic E-state index is 0.202. The zero-order valence-electron chi connectivity index (χ0n) is 13.3. The largest absolute Gasteiger partial charge is 0.461 e. The van der Waals surface area contributed by atoms with Crippen molar-refractivity contribution in [2.75, 3.05) is 19.8 Å². The number of carbonyl (C=O) groups is 1. The number of imidazole rings is 1. The highest BCUT2D eigenvalue weighted by Crippen LogP contribution is 2.27. The van der Waals surface area contributed by atoms with Gasteiger partial charge in [0.15, 0.2) is 5.69 Å². The van der Waals surface area contributed by atoms with Crippen LogP contribution in [0.1, 0.15) is 34.6 Å². The lowest BCUT2D eigenvalue weighted by atomic mass is 9.99. The van der Waals surface area contributed by atoms with Gasteiger partial charge in [-0.1, -0.05) is 11.3 Å². The summed E-state index contributed by atoms with van der Waals surface area (Å²) in [6.07, 6.45) is 5.51. The Bertz CT molecular complexity index is 881. The SMILES string of the molecule is CCOC(=O)c1cn(Cc2cn3cccc(C4COC4)c3n2)nn1. The highest BCUT2D eigenvalue weighted by molar-refractivity contribution is 5.86. The fourth-order valence-electron chi connectivity index (χ4n) is 2.74. The van der Waals surface area contributed by atoms with Crippen LogP contribution in [0.3, 0.4) is 0 Å². The van der Waals surface area contributed by atoms with Gasteiger partial charge in [-0.15, -0.1) is 5.10 Å². The van der Waals surface area contributed by atoms with E-state index >= 15 is 0 Å². The molecule has 0 aliphatic carbocycles. The molecule has 4 heterocycles. The minimum atomic E-state index is -0.467.